The number of nitrogens with one attached hydrogen (secondary N) is 1. The summed E-state index contributed by atoms with van der Waals surface area (Å²) < 4.78 is 5.33. The van der Waals surface area contributed by atoms with Crippen LogP contribution in [0.2, 0.25) is 0 Å². The van der Waals surface area contributed by atoms with Crippen molar-refractivity contribution in [3.63, 3.8) is 0 Å². The van der Waals surface area contributed by atoms with Gasteiger partial charge >= 0.3 is 5.97 Å². The Morgan fingerprint density at radius 2 is 2.08 bits per heavy atom. The minimum Gasteiger partial charge on any atom is -0.494 e. The van der Waals surface area contributed by atoms with Crippen LogP contribution < -0.4 is 15.0 Å². The third-order valence-electron chi connectivity index (χ3n) is 4.01. The Kier molecular flexibility index (Phi) is 5.11. The Bertz CT molecular complexity index is 669. The fourth-order valence-electron chi connectivity index (χ4n) is 2.56. The number of carbonyl (C=O) groups is 3. The molecule has 0 radical (unpaired) electrons. The largest absolute Gasteiger partial charge is 0.494 e. The minimum atomic E-state index is -1.14. The molecule has 1 aromatic carbocycles. The zero-order valence-electron chi connectivity index (χ0n) is 14.1. The van der Waals surface area contributed by atoms with Crippen molar-refractivity contribution in [2.45, 2.75) is 33.1 Å². The highest BCUT2D eigenvalue weighted by Gasteiger charge is 2.30. The lowest BCUT2D eigenvalue weighted by Gasteiger charge is -2.21. The van der Waals surface area contributed by atoms with E-state index >= 15 is 0 Å². The summed E-state index contributed by atoms with van der Waals surface area (Å²) in [6, 6.07) is 5.03. The van der Waals surface area contributed by atoms with E-state index in [1.807, 2.05) is 0 Å². The summed E-state index contributed by atoms with van der Waals surface area (Å²) in [4.78, 5) is 36.7. The molecule has 2 N–H and O–H groups in total. The van der Waals surface area contributed by atoms with Crippen molar-refractivity contribution in [3.8, 4) is 5.75 Å². The quantitative estimate of drug-likeness (QED) is 0.832. The van der Waals surface area contributed by atoms with Crippen molar-refractivity contribution >= 4 is 29.2 Å². The summed E-state index contributed by atoms with van der Waals surface area (Å²) >= 11 is 0. The zero-order chi connectivity index (χ0) is 17.9. The third-order valence-corrected chi connectivity index (χ3v) is 4.01. The molecule has 130 valence electrons. The van der Waals surface area contributed by atoms with Crippen LogP contribution in [0.15, 0.2) is 18.2 Å². The molecule has 0 aromatic heterocycles. The second-order valence-electron chi connectivity index (χ2n) is 6.45. The fourth-order valence-corrected chi connectivity index (χ4v) is 2.56. The van der Waals surface area contributed by atoms with Gasteiger partial charge in [-0.25, -0.2) is 0 Å². The average molecular weight is 334 g/mol. The molecule has 0 atom stereocenters. The van der Waals surface area contributed by atoms with E-state index in [-0.39, 0.29) is 12.3 Å². The number of carboxylic acids is 1. The number of rotatable bonds is 6. The van der Waals surface area contributed by atoms with Gasteiger partial charge in [0, 0.05) is 31.1 Å². The van der Waals surface area contributed by atoms with Crippen molar-refractivity contribution < 1.29 is 24.2 Å². The smallest absolute Gasteiger partial charge is 0.309 e. The number of nitrogens with zero attached hydrogens (tertiary/aromatic N) is 1. The molecule has 1 heterocycles. The summed E-state index contributed by atoms with van der Waals surface area (Å²) in [6.07, 6.45) is 1.19. The lowest BCUT2D eigenvalue weighted by Crippen LogP contribution is -2.29. The first-order chi connectivity index (χ1) is 11.2. The van der Waals surface area contributed by atoms with Gasteiger partial charge in [0.15, 0.2) is 0 Å². The summed E-state index contributed by atoms with van der Waals surface area (Å²) in [6.45, 7) is 3.64. The van der Waals surface area contributed by atoms with E-state index in [9.17, 15) is 14.4 Å². The van der Waals surface area contributed by atoms with Gasteiger partial charge < -0.3 is 20.1 Å². The minimum absolute atomic E-state index is 0.0493. The molecule has 0 spiro atoms. The molecule has 24 heavy (non-hydrogen) atoms. The van der Waals surface area contributed by atoms with Gasteiger partial charge in [-0.2, -0.15) is 0 Å². The number of methoxy groups -OCH3 is 1. The van der Waals surface area contributed by atoms with Gasteiger partial charge in [0.2, 0.25) is 11.8 Å². The van der Waals surface area contributed by atoms with Gasteiger partial charge in [-0.05, 0) is 32.4 Å². The maximum atomic E-state index is 12.0. The van der Waals surface area contributed by atoms with Gasteiger partial charge in [-0.3, -0.25) is 14.4 Å². The summed E-state index contributed by atoms with van der Waals surface area (Å²) in [5.41, 5.74) is 0.0214. The summed E-state index contributed by atoms with van der Waals surface area (Å²) in [5, 5.41) is 11.8. The molecular weight excluding hydrogens is 312 g/mol. The average Bonchev–Trinajstić information content (AvgIpc) is 2.92. The second-order valence-corrected chi connectivity index (χ2v) is 6.45. The fraction of sp³-hybridized carbons (Fsp3) is 0.471. The van der Waals surface area contributed by atoms with Crippen molar-refractivity contribution in [1.29, 1.82) is 0 Å². The standard InChI is InChI=1S/C17H22N2O5/c1-17(2,16(22)23)10-14(20)18-11-6-7-12(13(9-11)24-3)19-8-4-5-15(19)21/h6-7,9H,4-5,8,10H2,1-3H3,(H,18,20)(H,22,23). The first-order valence-corrected chi connectivity index (χ1v) is 7.76. The number of hydrogen-bond donors (Lipinski definition) is 2. The molecule has 1 aromatic rings. The lowest BCUT2D eigenvalue weighted by atomic mass is 9.89. The number of aliphatic carboxylic acids is 1. The predicted octanol–water partition coefficient (Wildman–Crippen LogP) is 2.26. The van der Waals surface area contributed by atoms with Crippen molar-refractivity contribution in [2.24, 2.45) is 5.41 Å². The lowest BCUT2D eigenvalue weighted by molar-refractivity contribution is -0.149. The van der Waals surface area contributed by atoms with E-state index in [4.69, 9.17) is 9.84 Å². The number of ether oxygens (including phenoxy) is 1. The molecule has 0 bridgehead atoms. The molecule has 0 unspecified atom stereocenters. The summed E-state index contributed by atoms with van der Waals surface area (Å²) in [5.74, 6) is -0.888. The molecule has 0 aliphatic carbocycles. The molecule has 7 nitrogen and oxygen atoms in total. The highest BCUT2D eigenvalue weighted by Crippen LogP contribution is 2.34. The van der Waals surface area contributed by atoms with Crippen molar-refractivity contribution in [1.82, 2.24) is 0 Å². The van der Waals surface area contributed by atoms with Crippen LogP contribution in [-0.2, 0) is 14.4 Å². The molecule has 2 rings (SSSR count). The third kappa shape index (κ3) is 3.84. The van der Waals surface area contributed by atoms with Crippen LogP contribution in [0, 0.1) is 5.41 Å². The maximum Gasteiger partial charge on any atom is 0.309 e. The van der Waals surface area contributed by atoms with Crippen LogP contribution >= 0.6 is 0 Å². The van der Waals surface area contributed by atoms with Crippen molar-refractivity contribution in [3.05, 3.63) is 18.2 Å². The topological polar surface area (TPSA) is 95.9 Å². The first kappa shape index (κ1) is 17.8. The molecule has 1 aliphatic heterocycles. The van der Waals surface area contributed by atoms with Gasteiger partial charge in [0.05, 0.1) is 18.2 Å². The van der Waals surface area contributed by atoms with Crippen LogP contribution in [0.1, 0.15) is 33.1 Å². The van der Waals surface area contributed by atoms with E-state index in [1.165, 1.54) is 21.0 Å². The Balaban J connectivity index is 2.13. The van der Waals surface area contributed by atoms with Gasteiger partial charge in [0.1, 0.15) is 5.75 Å². The maximum absolute atomic E-state index is 12.0. The summed E-state index contributed by atoms with van der Waals surface area (Å²) in [7, 11) is 1.50. The SMILES string of the molecule is COc1cc(NC(=O)CC(C)(C)C(=O)O)ccc1N1CCCC1=O. The van der Waals surface area contributed by atoms with E-state index in [0.717, 1.165) is 6.42 Å². The van der Waals surface area contributed by atoms with E-state index in [0.29, 0.717) is 30.1 Å². The molecule has 1 aliphatic rings. The van der Waals surface area contributed by atoms with E-state index < -0.39 is 17.3 Å². The van der Waals surface area contributed by atoms with Crippen LogP contribution in [0.3, 0.4) is 0 Å². The Morgan fingerprint density at radius 1 is 1.38 bits per heavy atom. The Labute approximate surface area is 140 Å². The normalized spacial score (nSPS) is 14.6. The van der Waals surface area contributed by atoms with Crippen LogP contribution in [0.4, 0.5) is 11.4 Å². The molecule has 1 fully saturated rings. The van der Waals surface area contributed by atoms with Crippen molar-refractivity contribution in [2.75, 3.05) is 23.9 Å². The number of anilines is 2. The number of carbonyl (C=O) groups excluding carboxylic acids is 2. The monoisotopic (exact) mass is 334 g/mol. The highest BCUT2D eigenvalue weighted by molar-refractivity contribution is 5.98. The second kappa shape index (κ2) is 6.90. The molecule has 1 saturated heterocycles. The molecule has 2 amide bonds. The van der Waals surface area contributed by atoms with Crippen LogP contribution in [0.25, 0.3) is 0 Å². The van der Waals surface area contributed by atoms with Gasteiger partial charge in [0.25, 0.3) is 0 Å². The van der Waals surface area contributed by atoms with Gasteiger partial charge in [-0.1, -0.05) is 0 Å². The van der Waals surface area contributed by atoms with E-state index in [1.54, 1.807) is 23.1 Å². The Hall–Kier alpha value is -2.57. The zero-order valence-corrected chi connectivity index (χ0v) is 14.1. The number of benzene rings is 1. The number of hydrogen-bond acceptors (Lipinski definition) is 4. The Morgan fingerprint density at radius 3 is 2.62 bits per heavy atom. The number of carboxylic acid groups (broad SMARTS) is 1. The number of amides is 2. The molecule has 0 saturated carbocycles. The van der Waals surface area contributed by atoms with Crippen LogP contribution in [-0.4, -0.2) is 36.5 Å². The molecule has 7 heteroatoms. The molecular formula is C17H22N2O5. The van der Waals surface area contributed by atoms with E-state index in [2.05, 4.69) is 5.32 Å². The first-order valence-electron chi connectivity index (χ1n) is 7.76. The van der Waals surface area contributed by atoms with Gasteiger partial charge in [-0.15, -0.1) is 0 Å². The predicted molar refractivity (Wildman–Crippen MR) is 89.2 cm³/mol. The highest BCUT2D eigenvalue weighted by atomic mass is 16.5. The van der Waals surface area contributed by atoms with Crippen LogP contribution in [0.5, 0.6) is 5.75 Å².